The van der Waals surface area contributed by atoms with Gasteiger partial charge in [0.15, 0.2) is 0 Å². The molecule has 6 heteroatoms. The van der Waals surface area contributed by atoms with Crippen molar-refractivity contribution in [3.63, 3.8) is 0 Å². The Morgan fingerprint density at radius 2 is 1.37 bits per heavy atom. The molecule has 2 aromatic rings. The molecule has 0 unspecified atom stereocenters. The van der Waals surface area contributed by atoms with Crippen LogP contribution in [0.25, 0.3) is 0 Å². The Morgan fingerprint density at radius 3 is 1.85 bits per heavy atom. The third-order valence-electron chi connectivity index (χ3n) is 4.13. The van der Waals surface area contributed by atoms with Crippen LogP contribution in [0, 0.1) is 11.6 Å². The smallest absolute Gasteiger partial charge is 0.242 e. The highest BCUT2D eigenvalue weighted by Crippen LogP contribution is 2.14. The summed E-state index contributed by atoms with van der Waals surface area (Å²) >= 11 is 0. The summed E-state index contributed by atoms with van der Waals surface area (Å²) in [5, 5.41) is 2.80. The van der Waals surface area contributed by atoms with Crippen LogP contribution < -0.4 is 5.32 Å². The van der Waals surface area contributed by atoms with Crippen LogP contribution in [0.5, 0.6) is 0 Å². The molecule has 4 nitrogen and oxygen atoms in total. The van der Waals surface area contributed by atoms with Crippen molar-refractivity contribution in [1.82, 2.24) is 10.2 Å². The minimum Gasteiger partial charge on any atom is -0.352 e. The second kappa shape index (κ2) is 9.26. The highest BCUT2D eigenvalue weighted by Gasteiger charge is 2.26. The Hall–Kier alpha value is -2.76. The van der Waals surface area contributed by atoms with Crippen LogP contribution in [0.4, 0.5) is 8.78 Å². The van der Waals surface area contributed by atoms with Crippen molar-refractivity contribution in [2.24, 2.45) is 0 Å². The summed E-state index contributed by atoms with van der Waals surface area (Å²) in [6.07, 6.45) is 0.0424. The average molecular weight is 374 g/mol. The van der Waals surface area contributed by atoms with E-state index in [0.29, 0.717) is 11.1 Å². The maximum absolute atomic E-state index is 13.2. The highest BCUT2D eigenvalue weighted by molar-refractivity contribution is 5.88. The zero-order valence-corrected chi connectivity index (χ0v) is 15.7. The lowest BCUT2D eigenvalue weighted by Gasteiger charge is -2.29. The van der Waals surface area contributed by atoms with E-state index in [9.17, 15) is 18.4 Å². The molecule has 0 aromatic heterocycles. The SMILES string of the molecule is CC(C)NC(=O)[C@@H](C)N(Cc1ccc(F)cc1)C(=O)Cc1ccc(F)cc1. The van der Waals surface area contributed by atoms with E-state index in [1.54, 1.807) is 31.2 Å². The van der Waals surface area contributed by atoms with Crippen molar-refractivity contribution in [1.29, 1.82) is 0 Å². The molecule has 0 spiro atoms. The van der Waals surface area contributed by atoms with Crippen LogP contribution in [0.2, 0.25) is 0 Å². The molecular formula is C21H24F2N2O2. The number of hydrogen-bond donors (Lipinski definition) is 1. The lowest BCUT2D eigenvalue weighted by Crippen LogP contribution is -2.49. The molecule has 0 saturated heterocycles. The fourth-order valence-corrected chi connectivity index (χ4v) is 2.65. The largest absolute Gasteiger partial charge is 0.352 e. The number of hydrogen-bond acceptors (Lipinski definition) is 2. The first-order valence-electron chi connectivity index (χ1n) is 8.85. The molecule has 27 heavy (non-hydrogen) atoms. The number of benzene rings is 2. The van der Waals surface area contributed by atoms with Gasteiger partial charge in [0.1, 0.15) is 17.7 Å². The number of rotatable bonds is 7. The molecule has 0 aliphatic rings. The third kappa shape index (κ3) is 6.16. The molecule has 2 rings (SSSR count). The summed E-state index contributed by atoms with van der Waals surface area (Å²) in [6.45, 7) is 5.52. The van der Waals surface area contributed by atoms with E-state index in [0.717, 1.165) is 0 Å². The average Bonchev–Trinajstić information content (AvgIpc) is 2.62. The van der Waals surface area contributed by atoms with Gasteiger partial charge < -0.3 is 10.2 Å². The maximum atomic E-state index is 13.2. The van der Waals surface area contributed by atoms with Crippen molar-refractivity contribution in [3.8, 4) is 0 Å². The second-order valence-corrected chi connectivity index (χ2v) is 6.79. The van der Waals surface area contributed by atoms with Gasteiger partial charge in [0.05, 0.1) is 6.42 Å². The molecule has 0 radical (unpaired) electrons. The summed E-state index contributed by atoms with van der Waals surface area (Å²) in [7, 11) is 0. The predicted molar refractivity (Wildman–Crippen MR) is 99.8 cm³/mol. The lowest BCUT2D eigenvalue weighted by atomic mass is 10.1. The molecule has 0 aliphatic heterocycles. The fourth-order valence-electron chi connectivity index (χ4n) is 2.65. The molecule has 2 aromatic carbocycles. The highest BCUT2D eigenvalue weighted by atomic mass is 19.1. The lowest BCUT2D eigenvalue weighted by molar-refractivity contribution is -0.140. The minimum absolute atomic E-state index is 0.0424. The van der Waals surface area contributed by atoms with Gasteiger partial charge in [0, 0.05) is 12.6 Å². The van der Waals surface area contributed by atoms with Gasteiger partial charge in [-0.25, -0.2) is 8.78 Å². The number of nitrogens with zero attached hydrogens (tertiary/aromatic N) is 1. The van der Waals surface area contributed by atoms with Crippen LogP contribution in [0.3, 0.4) is 0 Å². The summed E-state index contributed by atoms with van der Waals surface area (Å²) in [6, 6.07) is 10.7. The van der Waals surface area contributed by atoms with Gasteiger partial charge in [-0.2, -0.15) is 0 Å². The van der Waals surface area contributed by atoms with Gasteiger partial charge in [0.25, 0.3) is 0 Å². The molecule has 2 amide bonds. The predicted octanol–water partition coefficient (Wildman–Crippen LogP) is 3.45. The van der Waals surface area contributed by atoms with E-state index in [4.69, 9.17) is 0 Å². The van der Waals surface area contributed by atoms with Crippen molar-refractivity contribution >= 4 is 11.8 Å². The first kappa shape index (κ1) is 20.6. The van der Waals surface area contributed by atoms with Gasteiger partial charge >= 0.3 is 0 Å². The van der Waals surface area contributed by atoms with E-state index in [-0.39, 0.29) is 42.5 Å². The first-order chi connectivity index (χ1) is 12.8. The summed E-state index contributed by atoms with van der Waals surface area (Å²) in [5.74, 6) is -1.27. The molecular weight excluding hydrogens is 350 g/mol. The number of amides is 2. The van der Waals surface area contributed by atoms with Crippen molar-refractivity contribution in [2.75, 3.05) is 0 Å². The quantitative estimate of drug-likeness (QED) is 0.807. The molecule has 1 atom stereocenters. The van der Waals surface area contributed by atoms with Gasteiger partial charge in [0.2, 0.25) is 11.8 Å². The standard InChI is InChI=1S/C21H24F2N2O2/c1-14(2)24-21(27)15(3)25(13-17-6-10-19(23)11-7-17)20(26)12-16-4-8-18(22)9-5-16/h4-11,14-15H,12-13H2,1-3H3,(H,24,27)/t15-/m1/s1. The number of carbonyl (C=O) groups is 2. The van der Waals surface area contributed by atoms with Crippen LogP contribution in [0.1, 0.15) is 31.9 Å². The number of nitrogens with one attached hydrogen (secondary N) is 1. The fraction of sp³-hybridized carbons (Fsp3) is 0.333. The molecule has 0 bridgehead atoms. The summed E-state index contributed by atoms with van der Waals surface area (Å²) in [5.41, 5.74) is 1.37. The first-order valence-corrected chi connectivity index (χ1v) is 8.85. The molecule has 0 aliphatic carbocycles. The molecule has 0 saturated carbocycles. The summed E-state index contributed by atoms with van der Waals surface area (Å²) in [4.78, 5) is 26.8. The van der Waals surface area contributed by atoms with Crippen molar-refractivity contribution in [3.05, 3.63) is 71.3 Å². The van der Waals surface area contributed by atoms with E-state index in [2.05, 4.69) is 5.32 Å². The van der Waals surface area contributed by atoms with E-state index >= 15 is 0 Å². The Balaban J connectivity index is 2.21. The monoisotopic (exact) mass is 374 g/mol. The van der Waals surface area contributed by atoms with Crippen LogP contribution in [-0.4, -0.2) is 28.8 Å². The maximum Gasteiger partial charge on any atom is 0.242 e. The van der Waals surface area contributed by atoms with Gasteiger partial charge in [-0.1, -0.05) is 24.3 Å². The van der Waals surface area contributed by atoms with Crippen molar-refractivity contribution < 1.29 is 18.4 Å². The molecule has 144 valence electrons. The molecule has 0 fully saturated rings. The van der Waals surface area contributed by atoms with E-state index in [1.165, 1.54) is 29.2 Å². The zero-order valence-electron chi connectivity index (χ0n) is 15.7. The zero-order chi connectivity index (χ0) is 20.0. The third-order valence-corrected chi connectivity index (χ3v) is 4.13. The Morgan fingerprint density at radius 1 is 0.889 bits per heavy atom. The number of halogens is 2. The van der Waals surface area contributed by atoms with E-state index < -0.39 is 6.04 Å². The Labute approximate surface area is 158 Å². The topological polar surface area (TPSA) is 49.4 Å². The molecule has 1 N–H and O–H groups in total. The van der Waals surface area contributed by atoms with Gasteiger partial charge in [-0.05, 0) is 56.2 Å². The van der Waals surface area contributed by atoms with E-state index in [1.807, 2.05) is 13.8 Å². The second-order valence-electron chi connectivity index (χ2n) is 6.79. The van der Waals surface area contributed by atoms with Crippen LogP contribution in [0.15, 0.2) is 48.5 Å². The minimum atomic E-state index is -0.703. The Kier molecular flexibility index (Phi) is 7.05. The summed E-state index contributed by atoms with van der Waals surface area (Å²) < 4.78 is 26.2. The van der Waals surface area contributed by atoms with Crippen molar-refractivity contribution in [2.45, 2.75) is 45.8 Å². The molecule has 0 heterocycles. The van der Waals surface area contributed by atoms with Crippen LogP contribution in [-0.2, 0) is 22.6 Å². The van der Waals surface area contributed by atoms with Gasteiger partial charge in [-0.15, -0.1) is 0 Å². The Bertz CT molecular complexity index is 774. The number of carbonyl (C=O) groups excluding carboxylic acids is 2. The normalized spacial score (nSPS) is 11.9. The van der Waals surface area contributed by atoms with Crippen LogP contribution >= 0.6 is 0 Å². The van der Waals surface area contributed by atoms with Gasteiger partial charge in [-0.3, -0.25) is 9.59 Å².